The van der Waals surface area contributed by atoms with Crippen molar-refractivity contribution in [1.82, 2.24) is 4.72 Å². The molecule has 0 spiro atoms. The van der Waals surface area contributed by atoms with Crippen LogP contribution in [-0.2, 0) is 19.6 Å². The number of aryl methyl sites for hydroxylation is 1. The lowest BCUT2D eigenvalue weighted by atomic mass is 9.98. The molecule has 0 aliphatic heterocycles. The Morgan fingerprint density at radius 2 is 2.05 bits per heavy atom. The van der Waals surface area contributed by atoms with E-state index in [0.29, 0.717) is 23.4 Å². The van der Waals surface area contributed by atoms with Gasteiger partial charge in [-0.3, -0.25) is 4.79 Å². The van der Waals surface area contributed by atoms with Crippen LogP contribution in [0.3, 0.4) is 0 Å². The monoisotopic (exact) mass is 333 g/mol. The maximum Gasteiger partial charge on any atom is 0.326 e. The number of hydrogen-bond donors (Lipinski definition) is 1. The smallest absolute Gasteiger partial charge is 0.326 e. The number of ether oxygens (including phenoxy) is 1. The zero-order valence-electron chi connectivity index (χ0n) is 12.6. The van der Waals surface area contributed by atoms with Crippen molar-refractivity contribution in [3.8, 4) is 0 Å². The van der Waals surface area contributed by atoms with Gasteiger partial charge in [0.2, 0.25) is 10.0 Å². The van der Waals surface area contributed by atoms with E-state index in [-0.39, 0.29) is 4.90 Å². The Labute approximate surface area is 130 Å². The fraction of sp³-hybridized carbons (Fsp3) is 0.500. The maximum atomic E-state index is 12.5. The number of sulfonamides is 1. The van der Waals surface area contributed by atoms with Crippen LogP contribution in [-0.4, -0.2) is 27.0 Å². The molecule has 0 heterocycles. The Bertz CT molecular complexity index is 630. The topological polar surface area (TPSA) is 72.5 Å². The molecule has 0 bridgehead atoms. The van der Waals surface area contributed by atoms with Crippen LogP contribution in [0.4, 0.5) is 0 Å². The average Bonchev–Trinajstić information content (AvgIpc) is 2.36. The zero-order valence-corrected chi connectivity index (χ0v) is 14.1. The summed E-state index contributed by atoms with van der Waals surface area (Å²) >= 11 is 5.83. The Kier molecular flexibility index (Phi) is 5.78. The van der Waals surface area contributed by atoms with Gasteiger partial charge in [-0.15, -0.1) is 0 Å². The van der Waals surface area contributed by atoms with Crippen LogP contribution in [0.25, 0.3) is 0 Å². The number of esters is 1. The summed E-state index contributed by atoms with van der Waals surface area (Å²) in [6.07, 6.45) is 0.971. The van der Waals surface area contributed by atoms with Crippen molar-refractivity contribution in [3.63, 3.8) is 0 Å². The maximum absolute atomic E-state index is 12.5. The van der Waals surface area contributed by atoms with E-state index in [2.05, 4.69) is 4.72 Å². The summed E-state index contributed by atoms with van der Waals surface area (Å²) < 4.78 is 32.2. The van der Waals surface area contributed by atoms with Gasteiger partial charge in [-0.05, 0) is 44.0 Å². The SMILES string of the molecule is CCCC(C)(NS(=O)(=O)c1ccc(Cl)cc1C)C(=O)OC. The summed E-state index contributed by atoms with van der Waals surface area (Å²) in [5, 5.41) is 0.454. The highest BCUT2D eigenvalue weighted by Gasteiger charge is 2.38. The number of carbonyl (C=O) groups is 1. The van der Waals surface area contributed by atoms with Gasteiger partial charge in [0.15, 0.2) is 0 Å². The third-order valence-corrected chi connectivity index (χ3v) is 5.16. The molecule has 1 rings (SSSR count). The number of rotatable bonds is 6. The molecule has 0 fully saturated rings. The minimum absolute atomic E-state index is 0.0955. The third-order valence-electron chi connectivity index (χ3n) is 3.17. The number of carbonyl (C=O) groups excluding carboxylic acids is 1. The minimum atomic E-state index is -3.85. The first-order valence-corrected chi connectivity index (χ1v) is 8.41. The van der Waals surface area contributed by atoms with E-state index in [1.54, 1.807) is 13.0 Å². The number of benzene rings is 1. The number of halogens is 1. The molecule has 0 aliphatic carbocycles. The molecule has 1 unspecified atom stereocenters. The molecule has 0 saturated heterocycles. The minimum Gasteiger partial charge on any atom is -0.468 e. The van der Waals surface area contributed by atoms with Crippen LogP contribution >= 0.6 is 11.6 Å². The third kappa shape index (κ3) is 4.18. The van der Waals surface area contributed by atoms with E-state index in [1.165, 1.54) is 26.2 Å². The summed E-state index contributed by atoms with van der Waals surface area (Å²) in [7, 11) is -2.62. The van der Waals surface area contributed by atoms with Crippen molar-refractivity contribution in [2.45, 2.75) is 44.0 Å². The van der Waals surface area contributed by atoms with Crippen LogP contribution < -0.4 is 4.72 Å². The van der Waals surface area contributed by atoms with Gasteiger partial charge in [-0.1, -0.05) is 24.9 Å². The predicted octanol–water partition coefficient (Wildman–Crippen LogP) is 2.66. The molecule has 1 aromatic carbocycles. The van der Waals surface area contributed by atoms with E-state index in [1.807, 2.05) is 6.92 Å². The Hall–Kier alpha value is -1.11. The molecule has 118 valence electrons. The molecule has 1 atom stereocenters. The summed E-state index contributed by atoms with van der Waals surface area (Å²) in [4.78, 5) is 12.0. The summed E-state index contributed by atoms with van der Waals surface area (Å²) in [6, 6.07) is 4.48. The first-order chi connectivity index (χ1) is 9.66. The first-order valence-electron chi connectivity index (χ1n) is 6.55. The lowest BCUT2D eigenvalue weighted by molar-refractivity contribution is -0.147. The lowest BCUT2D eigenvalue weighted by Crippen LogP contribution is -2.52. The molecular formula is C14H20ClNO4S. The van der Waals surface area contributed by atoms with Crippen LogP contribution in [0, 0.1) is 6.92 Å². The van der Waals surface area contributed by atoms with E-state index < -0.39 is 21.5 Å². The normalized spacial score (nSPS) is 14.5. The van der Waals surface area contributed by atoms with Gasteiger partial charge in [0.25, 0.3) is 0 Å². The molecule has 0 saturated carbocycles. The first kappa shape index (κ1) is 17.9. The molecule has 5 nitrogen and oxygen atoms in total. The zero-order chi connectivity index (χ0) is 16.3. The van der Waals surface area contributed by atoms with Gasteiger partial charge < -0.3 is 4.74 Å². The molecule has 0 aromatic heterocycles. The number of hydrogen-bond acceptors (Lipinski definition) is 4. The fourth-order valence-electron chi connectivity index (χ4n) is 2.19. The number of nitrogens with one attached hydrogen (secondary N) is 1. The van der Waals surface area contributed by atoms with Crippen molar-refractivity contribution >= 4 is 27.6 Å². The molecule has 1 aromatic rings. The fourth-order valence-corrected chi connectivity index (χ4v) is 4.03. The predicted molar refractivity (Wildman–Crippen MR) is 81.8 cm³/mol. The van der Waals surface area contributed by atoms with E-state index in [0.717, 1.165) is 0 Å². The highest BCUT2D eigenvalue weighted by atomic mass is 35.5. The van der Waals surface area contributed by atoms with Gasteiger partial charge in [-0.2, -0.15) is 4.72 Å². The second-order valence-corrected chi connectivity index (χ2v) is 7.18. The quantitative estimate of drug-likeness (QED) is 0.812. The van der Waals surface area contributed by atoms with Crippen LogP contribution in [0.5, 0.6) is 0 Å². The number of methoxy groups -OCH3 is 1. The highest BCUT2D eigenvalue weighted by Crippen LogP contribution is 2.23. The standard InChI is InChI=1S/C14H20ClNO4S/c1-5-8-14(3,13(17)20-4)16-21(18,19)12-7-6-11(15)9-10(12)2/h6-7,9,16H,5,8H2,1-4H3. The average molecular weight is 334 g/mol. The molecular weight excluding hydrogens is 314 g/mol. The van der Waals surface area contributed by atoms with Crippen LogP contribution in [0.2, 0.25) is 5.02 Å². The second-order valence-electron chi connectivity index (χ2n) is 5.09. The van der Waals surface area contributed by atoms with Gasteiger partial charge in [0.1, 0.15) is 5.54 Å². The van der Waals surface area contributed by atoms with Gasteiger partial charge in [0.05, 0.1) is 12.0 Å². The van der Waals surface area contributed by atoms with E-state index in [9.17, 15) is 13.2 Å². The van der Waals surface area contributed by atoms with Gasteiger partial charge >= 0.3 is 5.97 Å². The molecule has 0 radical (unpaired) electrons. The van der Waals surface area contributed by atoms with Crippen molar-refractivity contribution in [1.29, 1.82) is 0 Å². The van der Waals surface area contributed by atoms with Crippen molar-refractivity contribution in [2.75, 3.05) is 7.11 Å². The highest BCUT2D eigenvalue weighted by molar-refractivity contribution is 7.89. The van der Waals surface area contributed by atoms with Crippen molar-refractivity contribution < 1.29 is 17.9 Å². The Balaban J connectivity index is 3.21. The molecule has 7 heteroatoms. The van der Waals surface area contributed by atoms with Crippen molar-refractivity contribution in [3.05, 3.63) is 28.8 Å². The molecule has 0 amide bonds. The molecule has 21 heavy (non-hydrogen) atoms. The molecule has 1 N–H and O–H groups in total. The van der Waals surface area contributed by atoms with Gasteiger partial charge in [-0.25, -0.2) is 8.42 Å². The van der Waals surface area contributed by atoms with Crippen LogP contribution in [0.15, 0.2) is 23.1 Å². The van der Waals surface area contributed by atoms with Crippen LogP contribution in [0.1, 0.15) is 32.3 Å². The van der Waals surface area contributed by atoms with E-state index >= 15 is 0 Å². The summed E-state index contributed by atoms with van der Waals surface area (Å²) in [5.74, 6) is -0.612. The van der Waals surface area contributed by atoms with E-state index in [4.69, 9.17) is 16.3 Å². The lowest BCUT2D eigenvalue weighted by Gasteiger charge is -2.27. The Morgan fingerprint density at radius 3 is 2.52 bits per heavy atom. The summed E-state index contributed by atoms with van der Waals surface area (Å²) in [5.41, 5.74) is -0.785. The van der Waals surface area contributed by atoms with Gasteiger partial charge in [0, 0.05) is 5.02 Å². The molecule has 0 aliphatic rings. The second kappa shape index (κ2) is 6.77. The van der Waals surface area contributed by atoms with Crippen molar-refractivity contribution in [2.24, 2.45) is 0 Å². The summed E-state index contributed by atoms with van der Waals surface area (Å²) in [6.45, 7) is 5.03. The Morgan fingerprint density at radius 1 is 1.43 bits per heavy atom. The largest absolute Gasteiger partial charge is 0.468 e.